The van der Waals surface area contributed by atoms with Crippen LogP contribution in [-0.4, -0.2) is 51.5 Å². The molecule has 1 heterocycles. The van der Waals surface area contributed by atoms with Crippen molar-refractivity contribution in [3.63, 3.8) is 0 Å². The first-order valence-corrected chi connectivity index (χ1v) is 7.46. The Hall–Kier alpha value is -0.0800. The van der Waals surface area contributed by atoms with E-state index in [0.717, 1.165) is 57.5 Å². The van der Waals surface area contributed by atoms with Crippen LogP contribution in [0.15, 0.2) is 4.99 Å². The van der Waals surface area contributed by atoms with Crippen molar-refractivity contribution in [1.29, 1.82) is 0 Å². The van der Waals surface area contributed by atoms with Crippen molar-refractivity contribution in [2.75, 3.05) is 33.4 Å². The van der Waals surface area contributed by atoms with E-state index in [1.54, 1.807) is 0 Å². The topological polar surface area (TPSA) is 54.9 Å². The molecule has 6 heteroatoms. The zero-order valence-corrected chi connectivity index (χ0v) is 14.9. The SMILES string of the molecule is CN=C(NCCCOC1CCOCC1)NC1CC1C.I. The molecule has 0 aromatic heterocycles. The van der Waals surface area contributed by atoms with Crippen molar-refractivity contribution in [2.24, 2.45) is 10.9 Å². The fourth-order valence-corrected chi connectivity index (χ4v) is 2.26. The van der Waals surface area contributed by atoms with Crippen molar-refractivity contribution in [2.45, 2.75) is 44.8 Å². The second-order valence-corrected chi connectivity index (χ2v) is 5.50. The Balaban J connectivity index is 0.00000200. The van der Waals surface area contributed by atoms with E-state index in [4.69, 9.17) is 9.47 Å². The van der Waals surface area contributed by atoms with E-state index >= 15 is 0 Å². The monoisotopic (exact) mass is 397 g/mol. The van der Waals surface area contributed by atoms with Crippen molar-refractivity contribution >= 4 is 29.9 Å². The summed E-state index contributed by atoms with van der Waals surface area (Å²) >= 11 is 0. The first kappa shape index (κ1) is 18.0. The van der Waals surface area contributed by atoms with Crippen LogP contribution in [0.25, 0.3) is 0 Å². The Bertz CT molecular complexity index is 296. The van der Waals surface area contributed by atoms with Gasteiger partial charge in [-0.1, -0.05) is 6.92 Å². The average molecular weight is 397 g/mol. The second-order valence-electron chi connectivity index (χ2n) is 5.50. The molecule has 2 unspecified atom stereocenters. The van der Waals surface area contributed by atoms with Gasteiger partial charge in [0.15, 0.2) is 5.96 Å². The second kappa shape index (κ2) is 9.78. The minimum absolute atomic E-state index is 0. The van der Waals surface area contributed by atoms with Gasteiger partial charge in [0.2, 0.25) is 0 Å². The van der Waals surface area contributed by atoms with E-state index in [1.165, 1.54) is 6.42 Å². The number of halogens is 1. The van der Waals surface area contributed by atoms with Gasteiger partial charge in [-0.25, -0.2) is 0 Å². The predicted molar refractivity (Wildman–Crippen MR) is 91.9 cm³/mol. The number of nitrogens with zero attached hydrogens (tertiary/aromatic N) is 1. The third-order valence-corrected chi connectivity index (χ3v) is 3.79. The summed E-state index contributed by atoms with van der Waals surface area (Å²) in [6, 6.07) is 0.615. The number of rotatable bonds is 6. The standard InChI is InChI=1S/C14H27N3O2.HI/c1-11-10-13(11)17-14(15-2)16-6-3-7-19-12-4-8-18-9-5-12;/h11-13H,3-10H2,1-2H3,(H2,15,16,17);1H. The molecule has 5 nitrogen and oxygen atoms in total. The molecule has 118 valence electrons. The van der Waals surface area contributed by atoms with Crippen LogP contribution in [-0.2, 0) is 9.47 Å². The summed E-state index contributed by atoms with van der Waals surface area (Å²) < 4.78 is 11.1. The minimum Gasteiger partial charge on any atom is -0.381 e. The molecule has 2 rings (SSSR count). The van der Waals surface area contributed by atoms with Gasteiger partial charge < -0.3 is 20.1 Å². The summed E-state index contributed by atoms with van der Waals surface area (Å²) in [6.45, 7) is 5.67. The van der Waals surface area contributed by atoms with Crippen molar-refractivity contribution in [3.05, 3.63) is 0 Å². The Kier molecular flexibility index (Phi) is 8.79. The summed E-state index contributed by atoms with van der Waals surface area (Å²) in [5.41, 5.74) is 0. The van der Waals surface area contributed by atoms with Gasteiger partial charge in [-0.05, 0) is 31.6 Å². The third-order valence-electron chi connectivity index (χ3n) is 3.79. The van der Waals surface area contributed by atoms with Crippen LogP contribution in [0.4, 0.5) is 0 Å². The summed E-state index contributed by atoms with van der Waals surface area (Å²) in [7, 11) is 1.82. The van der Waals surface area contributed by atoms with Crippen molar-refractivity contribution in [3.8, 4) is 0 Å². The van der Waals surface area contributed by atoms with E-state index in [-0.39, 0.29) is 24.0 Å². The van der Waals surface area contributed by atoms with E-state index in [1.807, 2.05) is 7.05 Å². The highest BCUT2D eigenvalue weighted by Crippen LogP contribution is 2.28. The van der Waals surface area contributed by atoms with Gasteiger partial charge in [0, 0.05) is 39.5 Å². The fourth-order valence-electron chi connectivity index (χ4n) is 2.26. The predicted octanol–water partition coefficient (Wildman–Crippen LogP) is 1.76. The number of ether oxygens (including phenoxy) is 2. The van der Waals surface area contributed by atoms with Crippen molar-refractivity contribution < 1.29 is 9.47 Å². The largest absolute Gasteiger partial charge is 0.381 e. The number of guanidine groups is 1. The molecule has 1 aliphatic carbocycles. The molecule has 20 heavy (non-hydrogen) atoms. The zero-order chi connectivity index (χ0) is 13.5. The van der Waals surface area contributed by atoms with Crippen LogP contribution in [0.1, 0.15) is 32.6 Å². The third kappa shape index (κ3) is 6.58. The molecule has 0 bridgehead atoms. The number of nitrogens with one attached hydrogen (secondary N) is 2. The lowest BCUT2D eigenvalue weighted by Gasteiger charge is -2.22. The average Bonchev–Trinajstić information content (AvgIpc) is 3.13. The maximum absolute atomic E-state index is 5.83. The van der Waals surface area contributed by atoms with E-state index < -0.39 is 0 Å². The smallest absolute Gasteiger partial charge is 0.191 e. The molecule has 1 aliphatic heterocycles. The van der Waals surface area contributed by atoms with Crippen LogP contribution in [0, 0.1) is 5.92 Å². The maximum Gasteiger partial charge on any atom is 0.191 e. The molecule has 0 aromatic rings. The molecule has 2 N–H and O–H groups in total. The Morgan fingerprint density at radius 3 is 2.65 bits per heavy atom. The van der Waals surface area contributed by atoms with Crippen LogP contribution < -0.4 is 10.6 Å². The summed E-state index contributed by atoms with van der Waals surface area (Å²) in [4.78, 5) is 4.23. The number of hydrogen-bond donors (Lipinski definition) is 2. The van der Waals surface area contributed by atoms with E-state index in [2.05, 4.69) is 22.5 Å². The first-order chi connectivity index (χ1) is 9.29. The van der Waals surface area contributed by atoms with Crippen LogP contribution in [0.2, 0.25) is 0 Å². The van der Waals surface area contributed by atoms with Crippen LogP contribution in [0.5, 0.6) is 0 Å². The van der Waals surface area contributed by atoms with Crippen molar-refractivity contribution in [1.82, 2.24) is 10.6 Å². The molecular formula is C14H28IN3O2. The Morgan fingerprint density at radius 1 is 1.35 bits per heavy atom. The molecule has 0 aromatic carbocycles. The molecule has 0 amide bonds. The summed E-state index contributed by atoms with van der Waals surface area (Å²) in [5.74, 6) is 1.70. The molecule has 2 atom stereocenters. The summed E-state index contributed by atoms with van der Waals surface area (Å²) in [5, 5.41) is 6.75. The Morgan fingerprint density at radius 2 is 2.05 bits per heavy atom. The lowest BCUT2D eigenvalue weighted by atomic mass is 10.1. The van der Waals surface area contributed by atoms with Gasteiger partial charge in [-0.15, -0.1) is 24.0 Å². The number of aliphatic imine (C=N–C) groups is 1. The van der Waals surface area contributed by atoms with Crippen LogP contribution >= 0.6 is 24.0 Å². The van der Waals surface area contributed by atoms with E-state index in [9.17, 15) is 0 Å². The fraction of sp³-hybridized carbons (Fsp3) is 0.929. The van der Waals surface area contributed by atoms with Gasteiger partial charge in [-0.3, -0.25) is 4.99 Å². The molecule has 0 radical (unpaired) electrons. The lowest BCUT2D eigenvalue weighted by Crippen LogP contribution is -2.39. The quantitative estimate of drug-likeness (QED) is 0.311. The molecule has 1 saturated carbocycles. The molecule has 0 spiro atoms. The van der Waals surface area contributed by atoms with Gasteiger partial charge in [-0.2, -0.15) is 0 Å². The highest BCUT2D eigenvalue weighted by Gasteiger charge is 2.33. The zero-order valence-electron chi connectivity index (χ0n) is 12.6. The normalized spacial score (nSPS) is 26.8. The highest BCUT2D eigenvalue weighted by molar-refractivity contribution is 14.0. The number of hydrogen-bond acceptors (Lipinski definition) is 3. The highest BCUT2D eigenvalue weighted by atomic mass is 127. The Labute approximate surface area is 139 Å². The van der Waals surface area contributed by atoms with Gasteiger partial charge >= 0.3 is 0 Å². The molecular weight excluding hydrogens is 369 g/mol. The van der Waals surface area contributed by atoms with E-state index in [0.29, 0.717) is 12.1 Å². The molecule has 2 fully saturated rings. The minimum atomic E-state index is 0. The maximum atomic E-state index is 5.83. The lowest BCUT2D eigenvalue weighted by molar-refractivity contribution is -0.0320. The molecule has 2 aliphatic rings. The molecule has 1 saturated heterocycles. The summed E-state index contributed by atoms with van der Waals surface area (Å²) in [6.07, 6.45) is 4.75. The van der Waals surface area contributed by atoms with Gasteiger partial charge in [0.1, 0.15) is 0 Å². The first-order valence-electron chi connectivity index (χ1n) is 7.46. The van der Waals surface area contributed by atoms with Gasteiger partial charge in [0.25, 0.3) is 0 Å². The van der Waals surface area contributed by atoms with Gasteiger partial charge in [0.05, 0.1) is 6.10 Å². The van der Waals surface area contributed by atoms with Crippen LogP contribution in [0.3, 0.4) is 0 Å².